The lowest BCUT2D eigenvalue weighted by molar-refractivity contribution is -0.118. The number of aryl methyl sites for hydroxylation is 2. The van der Waals surface area contributed by atoms with E-state index in [4.69, 9.17) is 4.52 Å². The minimum absolute atomic E-state index is 0.119. The summed E-state index contributed by atoms with van der Waals surface area (Å²) in [6, 6.07) is 5.63. The van der Waals surface area contributed by atoms with Crippen molar-refractivity contribution in [3.63, 3.8) is 0 Å². The molecule has 2 aliphatic rings. The van der Waals surface area contributed by atoms with Gasteiger partial charge in [-0.2, -0.15) is 0 Å². The van der Waals surface area contributed by atoms with E-state index in [1.165, 1.54) is 0 Å². The summed E-state index contributed by atoms with van der Waals surface area (Å²) in [5.74, 6) is 0.729. The molecule has 2 aromatic rings. The first-order chi connectivity index (χ1) is 11.6. The van der Waals surface area contributed by atoms with Crippen LogP contribution in [0.15, 0.2) is 22.7 Å². The number of benzene rings is 1. The summed E-state index contributed by atoms with van der Waals surface area (Å²) in [5.41, 5.74) is 4.03. The van der Waals surface area contributed by atoms with Crippen LogP contribution >= 0.6 is 0 Å². The lowest BCUT2D eigenvalue weighted by Crippen LogP contribution is -2.31. The average Bonchev–Trinajstić information content (AvgIpc) is 3.02. The molecule has 1 aliphatic heterocycles. The highest BCUT2D eigenvalue weighted by Gasteiger charge is 2.25. The maximum Gasteiger partial charge on any atom is 0.278 e. The van der Waals surface area contributed by atoms with Crippen molar-refractivity contribution in [3.05, 3.63) is 40.8 Å². The molecule has 0 bridgehead atoms. The molecule has 124 valence electrons. The van der Waals surface area contributed by atoms with Gasteiger partial charge in [0.15, 0.2) is 5.69 Å². The van der Waals surface area contributed by atoms with Crippen molar-refractivity contribution in [2.24, 2.45) is 0 Å². The fourth-order valence-corrected chi connectivity index (χ4v) is 3.49. The Balaban J connectivity index is 1.57. The lowest BCUT2D eigenvalue weighted by Gasteiger charge is -2.26. The number of hydrogen-bond acceptors (Lipinski definition) is 4. The van der Waals surface area contributed by atoms with E-state index in [0.29, 0.717) is 24.2 Å². The van der Waals surface area contributed by atoms with Gasteiger partial charge in [-0.1, -0.05) is 5.16 Å². The second-order valence-corrected chi connectivity index (χ2v) is 6.39. The van der Waals surface area contributed by atoms with Crippen LogP contribution in [0.4, 0.5) is 11.4 Å². The highest BCUT2D eigenvalue weighted by Crippen LogP contribution is 2.30. The van der Waals surface area contributed by atoms with Crippen LogP contribution in [0, 0.1) is 0 Å². The normalized spacial score (nSPS) is 16.5. The van der Waals surface area contributed by atoms with Crippen molar-refractivity contribution in [2.45, 2.75) is 38.5 Å². The molecule has 2 heterocycles. The highest BCUT2D eigenvalue weighted by atomic mass is 16.5. The van der Waals surface area contributed by atoms with E-state index in [-0.39, 0.29) is 11.8 Å². The van der Waals surface area contributed by atoms with E-state index < -0.39 is 0 Å². The van der Waals surface area contributed by atoms with Gasteiger partial charge in [0.1, 0.15) is 5.76 Å². The highest BCUT2D eigenvalue weighted by molar-refractivity contribution is 6.04. The van der Waals surface area contributed by atoms with E-state index in [2.05, 4.69) is 10.5 Å². The first-order valence-corrected chi connectivity index (χ1v) is 8.32. The van der Waals surface area contributed by atoms with Crippen LogP contribution in [0.25, 0.3) is 0 Å². The van der Waals surface area contributed by atoms with E-state index in [9.17, 15) is 9.59 Å². The zero-order chi connectivity index (χ0) is 16.7. The predicted octanol–water partition coefficient (Wildman–Crippen LogP) is 2.71. The van der Waals surface area contributed by atoms with Gasteiger partial charge >= 0.3 is 0 Å². The molecule has 6 heteroatoms. The van der Waals surface area contributed by atoms with Gasteiger partial charge in [-0.15, -0.1) is 0 Å². The van der Waals surface area contributed by atoms with Crippen molar-refractivity contribution in [3.8, 4) is 0 Å². The maximum atomic E-state index is 12.5. The molecule has 2 amide bonds. The van der Waals surface area contributed by atoms with E-state index in [1.807, 2.05) is 18.2 Å². The fraction of sp³-hybridized carbons (Fsp3) is 0.389. The van der Waals surface area contributed by atoms with Gasteiger partial charge in [0, 0.05) is 36.8 Å². The molecular formula is C18H19N3O3. The molecule has 0 radical (unpaired) electrons. The smallest absolute Gasteiger partial charge is 0.278 e. The second kappa shape index (κ2) is 5.78. The Morgan fingerprint density at radius 3 is 2.92 bits per heavy atom. The Labute approximate surface area is 139 Å². The SMILES string of the molecule is CN1C(=O)CCc2cc(NC(=O)c3noc4c3CCCC4)ccc21. The van der Waals surface area contributed by atoms with Gasteiger partial charge in [0.2, 0.25) is 5.91 Å². The predicted molar refractivity (Wildman–Crippen MR) is 89.3 cm³/mol. The van der Waals surface area contributed by atoms with Gasteiger partial charge in [-0.3, -0.25) is 9.59 Å². The molecule has 6 nitrogen and oxygen atoms in total. The van der Waals surface area contributed by atoms with Crippen LogP contribution in [-0.4, -0.2) is 24.0 Å². The molecule has 0 unspecified atom stereocenters. The molecule has 0 spiro atoms. The van der Waals surface area contributed by atoms with Crippen LogP contribution in [0.5, 0.6) is 0 Å². The van der Waals surface area contributed by atoms with Gasteiger partial charge < -0.3 is 14.7 Å². The number of aromatic nitrogens is 1. The zero-order valence-corrected chi connectivity index (χ0v) is 13.6. The molecule has 1 aliphatic carbocycles. The molecule has 1 aromatic heterocycles. The maximum absolute atomic E-state index is 12.5. The first-order valence-electron chi connectivity index (χ1n) is 8.32. The van der Waals surface area contributed by atoms with E-state index >= 15 is 0 Å². The summed E-state index contributed by atoms with van der Waals surface area (Å²) < 4.78 is 5.31. The minimum Gasteiger partial charge on any atom is -0.360 e. The largest absolute Gasteiger partial charge is 0.360 e. The van der Waals surface area contributed by atoms with E-state index in [1.54, 1.807) is 11.9 Å². The number of nitrogens with one attached hydrogen (secondary N) is 1. The number of fused-ring (bicyclic) bond motifs is 2. The molecule has 0 saturated carbocycles. The summed E-state index contributed by atoms with van der Waals surface area (Å²) >= 11 is 0. The summed E-state index contributed by atoms with van der Waals surface area (Å²) in [6.07, 6.45) is 5.04. The number of rotatable bonds is 2. The zero-order valence-electron chi connectivity index (χ0n) is 13.6. The van der Waals surface area contributed by atoms with Crippen molar-refractivity contribution in [2.75, 3.05) is 17.3 Å². The Hall–Kier alpha value is -2.63. The van der Waals surface area contributed by atoms with E-state index in [0.717, 1.165) is 48.3 Å². The number of amides is 2. The average molecular weight is 325 g/mol. The summed E-state index contributed by atoms with van der Waals surface area (Å²) in [5, 5.41) is 6.87. The van der Waals surface area contributed by atoms with Crippen LogP contribution in [0.1, 0.15) is 46.6 Å². The number of hydrogen-bond donors (Lipinski definition) is 1. The number of anilines is 2. The number of carbonyl (C=O) groups is 2. The summed E-state index contributed by atoms with van der Waals surface area (Å²) in [6.45, 7) is 0. The first kappa shape index (κ1) is 14.9. The molecule has 0 atom stereocenters. The molecule has 0 fully saturated rings. The molecule has 24 heavy (non-hydrogen) atoms. The van der Waals surface area contributed by atoms with Gasteiger partial charge in [0.25, 0.3) is 5.91 Å². The third-order valence-electron chi connectivity index (χ3n) is 4.85. The third-order valence-corrected chi connectivity index (χ3v) is 4.85. The lowest BCUT2D eigenvalue weighted by atomic mass is 9.96. The van der Waals surface area contributed by atoms with Crippen molar-refractivity contribution < 1.29 is 14.1 Å². The fourth-order valence-electron chi connectivity index (χ4n) is 3.49. The Kier molecular flexibility index (Phi) is 3.59. The molecule has 4 rings (SSSR count). The standard InChI is InChI=1S/C18H19N3O3/c1-21-14-8-7-12(10-11(14)6-9-16(21)22)19-18(23)17-13-4-2-3-5-15(13)24-20-17/h7-8,10H,2-6,9H2,1H3,(H,19,23). The van der Waals surface area contributed by atoms with Crippen LogP contribution in [0.2, 0.25) is 0 Å². The minimum atomic E-state index is -0.234. The Bertz CT molecular complexity index is 825. The third kappa shape index (κ3) is 2.48. The van der Waals surface area contributed by atoms with Gasteiger partial charge in [0.05, 0.1) is 0 Å². The second-order valence-electron chi connectivity index (χ2n) is 6.39. The Morgan fingerprint density at radius 2 is 2.04 bits per heavy atom. The van der Waals surface area contributed by atoms with Gasteiger partial charge in [-0.25, -0.2) is 0 Å². The molecular weight excluding hydrogens is 306 g/mol. The summed E-state index contributed by atoms with van der Waals surface area (Å²) in [4.78, 5) is 25.9. The molecule has 1 N–H and O–H groups in total. The van der Waals surface area contributed by atoms with Gasteiger partial charge in [-0.05, 0) is 49.4 Å². The quantitative estimate of drug-likeness (QED) is 0.921. The number of nitrogens with zero attached hydrogens (tertiary/aromatic N) is 2. The Morgan fingerprint density at radius 1 is 1.21 bits per heavy atom. The monoisotopic (exact) mass is 325 g/mol. The number of carbonyl (C=O) groups excluding carboxylic acids is 2. The molecule has 1 aromatic carbocycles. The van der Waals surface area contributed by atoms with Crippen molar-refractivity contribution in [1.82, 2.24) is 5.16 Å². The van der Waals surface area contributed by atoms with Crippen molar-refractivity contribution >= 4 is 23.2 Å². The van der Waals surface area contributed by atoms with Crippen LogP contribution in [0.3, 0.4) is 0 Å². The van der Waals surface area contributed by atoms with Crippen LogP contribution < -0.4 is 10.2 Å². The van der Waals surface area contributed by atoms with Crippen LogP contribution in [-0.2, 0) is 24.1 Å². The topological polar surface area (TPSA) is 75.4 Å². The van der Waals surface area contributed by atoms with Crippen molar-refractivity contribution in [1.29, 1.82) is 0 Å². The summed E-state index contributed by atoms with van der Waals surface area (Å²) in [7, 11) is 1.78. The molecule has 0 saturated heterocycles.